The number of carbonyl (C=O) groups excluding carboxylic acids is 2. The number of nitrogens with zero attached hydrogens (tertiary/aromatic N) is 1. The average molecular weight is 363 g/mol. The predicted octanol–water partition coefficient (Wildman–Crippen LogP) is 3.90. The third-order valence-corrected chi connectivity index (χ3v) is 5.30. The Kier molecular flexibility index (Phi) is 4.05. The maximum Gasteiger partial charge on any atom is 0.290 e. The Hall–Kier alpha value is -2.99. The van der Waals surface area contributed by atoms with Crippen LogP contribution in [0.3, 0.4) is 0 Å². The van der Waals surface area contributed by atoms with Crippen molar-refractivity contribution in [2.75, 3.05) is 5.73 Å². The molecule has 2 amide bonds. The number of para-hydroxylation sites is 1. The molecular weight excluding hydrogens is 346 g/mol. The van der Waals surface area contributed by atoms with E-state index in [4.69, 9.17) is 5.73 Å². The summed E-state index contributed by atoms with van der Waals surface area (Å²) in [7, 11) is 0. The van der Waals surface area contributed by atoms with E-state index < -0.39 is 0 Å². The summed E-state index contributed by atoms with van der Waals surface area (Å²) in [4.78, 5) is 23.8. The number of carbonyl (C=O) groups is 2. The normalized spacial score (nSPS) is 15.8. The lowest BCUT2D eigenvalue weighted by molar-refractivity contribution is -0.115. The molecule has 5 nitrogen and oxygen atoms in total. The van der Waals surface area contributed by atoms with E-state index in [1.165, 1.54) is 0 Å². The number of rotatable bonds is 3. The van der Waals surface area contributed by atoms with Crippen molar-refractivity contribution in [2.45, 2.75) is 13.5 Å². The van der Waals surface area contributed by atoms with Crippen molar-refractivity contribution in [1.82, 2.24) is 9.88 Å². The van der Waals surface area contributed by atoms with Crippen LogP contribution in [-0.4, -0.2) is 15.7 Å². The maximum absolute atomic E-state index is 11.9. The van der Waals surface area contributed by atoms with Crippen LogP contribution in [0.1, 0.15) is 16.8 Å². The molecule has 26 heavy (non-hydrogen) atoms. The molecule has 1 aromatic heterocycles. The molecule has 0 unspecified atom stereocenters. The molecular formula is C20H17N3O2S. The highest BCUT2D eigenvalue weighted by atomic mass is 32.2. The van der Waals surface area contributed by atoms with E-state index in [0.29, 0.717) is 11.4 Å². The monoisotopic (exact) mass is 363 g/mol. The van der Waals surface area contributed by atoms with Gasteiger partial charge in [-0.25, -0.2) is 0 Å². The minimum Gasteiger partial charge on any atom is -0.399 e. The molecule has 130 valence electrons. The van der Waals surface area contributed by atoms with E-state index in [9.17, 15) is 9.59 Å². The van der Waals surface area contributed by atoms with Gasteiger partial charge in [-0.3, -0.25) is 14.9 Å². The summed E-state index contributed by atoms with van der Waals surface area (Å²) in [6, 6.07) is 15.9. The largest absolute Gasteiger partial charge is 0.399 e. The lowest BCUT2D eigenvalue weighted by atomic mass is 10.1. The standard InChI is InChI=1S/C20H17N3O2S/c1-12-16(10-18-19(24)22-20(25)26-18)15-7-2-3-8-17(15)23(12)11-13-5-4-6-14(21)9-13/h2-10H,11,21H2,1H3,(H,22,24,25)/b18-10-. The first kappa shape index (κ1) is 16.5. The fourth-order valence-corrected chi connectivity index (χ4v) is 3.93. The summed E-state index contributed by atoms with van der Waals surface area (Å²) in [5.74, 6) is -0.341. The van der Waals surface area contributed by atoms with Crippen LogP contribution in [0, 0.1) is 6.92 Å². The van der Waals surface area contributed by atoms with E-state index in [2.05, 4.69) is 16.0 Å². The Morgan fingerprint density at radius 1 is 1.15 bits per heavy atom. The highest BCUT2D eigenvalue weighted by Gasteiger charge is 2.26. The Bertz CT molecular complexity index is 1080. The van der Waals surface area contributed by atoms with Gasteiger partial charge in [0.2, 0.25) is 0 Å². The summed E-state index contributed by atoms with van der Waals surface area (Å²) in [5.41, 5.74) is 10.8. The van der Waals surface area contributed by atoms with Crippen molar-refractivity contribution < 1.29 is 9.59 Å². The molecule has 1 aliphatic heterocycles. The highest BCUT2D eigenvalue weighted by molar-refractivity contribution is 8.18. The first-order chi connectivity index (χ1) is 12.5. The minimum atomic E-state index is -0.341. The molecule has 0 radical (unpaired) electrons. The Balaban J connectivity index is 1.85. The zero-order valence-electron chi connectivity index (χ0n) is 14.2. The Labute approximate surface area is 154 Å². The van der Waals surface area contributed by atoms with Crippen LogP contribution in [-0.2, 0) is 11.3 Å². The number of anilines is 1. The van der Waals surface area contributed by atoms with Gasteiger partial charge in [0.05, 0.1) is 4.91 Å². The second-order valence-electron chi connectivity index (χ2n) is 6.20. The van der Waals surface area contributed by atoms with Crippen LogP contribution in [0.25, 0.3) is 17.0 Å². The number of aromatic nitrogens is 1. The molecule has 0 saturated carbocycles. The number of benzene rings is 2. The lowest BCUT2D eigenvalue weighted by Gasteiger charge is -2.09. The molecule has 2 aromatic carbocycles. The number of imide groups is 1. The minimum absolute atomic E-state index is 0.331. The molecule has 0 bridgehead atoms. The molecule has 1 saturated heterocycles. The second-order valence-corrected chi connectivity index (χ2v) is 7.21. The smallest absolute Gasteiger partial charge is 0.290 e. The van der Waals surface area contributed by atoms with E-state index in [0.717, 1.165) is 45.2 Å². The molecule has 3 N–H and O–H groups in total. The Morgan fingerprint density at radius 3 is 2.69 bits per heavy atom. The van der Waals surface area contributed by atoms with Crippen LogP contribution < -0.4 is 11.1 Å². The molecule has 0 atom stereocenters. The number of nitrogens with two attached hydrogens (primary N) is 1. The first-order valence-electron chi connectivity index (χ1n) is 8.20. The molecule has 3 aromatic rings. The topological polar surface area (TPSA) is 77.1 Å². The van der Waals surface area contributed by atoms with Crippen molar-refractivity contribution in [3.63, 3.8) is 0 Å². The quantitative estimate of drug-likeness (QED) is 0.546. The van der Waals surface area contributed by atoms with Crippen LogP contribution >= 0.6 is 11.8 Å². The lowest BCUT2D eigenvalue weighted by Crippen LogP contribution is -2.17. The Morgan fingerprint density at radius 2 is 1.96 bits per heavy atom. The van der Waals surface area contributed by atoms with Gasteiger partial charge in [-0.1, -0.05) is 30.3 Å². The molecule has 4 rings (SSSR count). The van der Waals surface area contributed by atoms with E-state index in [1.807, 2.05) is 49.4 Å². The summed E-state index contributed by atoms with van der Waals surface area (Å²) < 4.78 is 2.20. The van der Waals surface area contributed by atoms with Gasteiger partial charge in [-0.15, -0.1) is 0 Å². The van der Waals surface area contributed by atoms with E-state index >= 15 is 0 Å². The van der Waals surface area contributed by atoms with E-state index in [1.54, 1.807) is 6.08 Å². The number of nitrogen functional groups attached to an aromatic ring is 1. The number of thioether (sulfide) groups is 1. The third-order valence-electron chi connectivity index (χ3n) is 4.49. The second kappa shape index (κ2) is 6.38. The fourth-order valence-electron chi connectivity index (χ4n) is 3.27. The molecule has 1 fully saturated rings. The molecule has 0 aliphatic carbocycles. The maximum atomic E-state index is 11.9. The van der Waals surface area contributed by atoms with Gasteiger partial charge in [0.25, 0.3) is 11.1 Å². The summed E-state index contributed by atoms with van der Waals surface area (Å²) in [6.07, 6.45) is 1.80. The third kappa shape index (κ3) is 2.88. The van der Waals surface area contributed by atoms with Gasteiger partial charge in [0.15, 0.2) is 0 Å². The van der Waals surface area contributed by atoms with Crippen molar-refractivity contribution in [3.05, 3.63) is 70.3 Å². The number of fused-ring (bicyclic) bond motifs is 1. The fraction of sp³-hybridized carbons (Fsp3) is 0.100. The zero-order valence-corrected chi connectivity index (χ0v) is 15.0. The van der Waals surface area contributed by atoms with Crippen molar-refractivity contribution in [2.24, 2.45) is 0 Å². The summed E-state index contributed by atoms with van der Waals surface area (Å²) >= 11 is 0.937. The number of hydrogen-bond acceptors (Lipinski definition) is 4. The van der Waals surface area contributed by atoms with Crippen LogP contribution in [0.4, 0.5) is 10.5 Å². The number of amides is 2. The van der Waals surface area contributed by atoms with Gasteiger partial charge in [0.1, 0.15) is 0 Å². The summed E-state index contributed by atoms with van der Waals surface area (Å²) in [6.45, 7) is 2.71. The SMILES string of the molecule is Cc1c(/C=C2\SC(=O)NC2=O)c2ccccc2n1Cc1cccc(N)c1. The first-order valence-corrected chi connectivity index (χ1v) is 9.01. The summed E-state index contributed by atoms with van der Waals surface area (Å²) in [5, 5.41) is 3.02. The van der Waals surface area contributed by atoms with Gasteiger partial charge >= 0.3 is 0 Å². The van der Waals surface area contributed by atoms with Crippen molar-refractivity contribution in [3.8, 4) is 0 Å². The van der Waals surface area contributed by atoms with Crippen molar-refractivity contribution in [1.29, 1.82) is 0 Å². The van der Waals surface area contributed by atoms with E-state index in [-0.39, 0.29) is 11.1 Å². The predicted molar refractivity (Wildman–Crippen MR) is 106 cm³/mol. The number of nitrogens with one attached hydrogen (secondary N) is 1. The molecule has 1 aliphatic rings. The number of hydrogen-bond donors (Lipinski definition) is 2. The van der Waals surface area contributed by atoms with Crippen LogP contribution in [0.15, 0.2) is 53.4 Å². The molecule has 6 heteroatoms. The molecule has 2 heterocycles. The molecule has 0 spiro atoms. The van der Waals surface area contributed by atoms with Gasteiger partial charge < -0.3 is 10.3 Å². The van der Waals surface area contributed by atoms with Gasteiger partial charge in [-0.05, 0) is 48.5 Å². The van der Waals surface area contributed by atoms with Crippen LogP contribution in [0.5, 0.6) is 0 Å². The average Bonchev–Trinajstić information content (AvgIpc) is 3.06. The van der Waals surface area contributed by atoms with Gasteiger partial charge in [0, 0.05) is 34.4 Å². The van der Waals surface area contributed by atoms with Crippen molar-refractivity contribution >= 4 is 45.6 Å². The van der Waals surface area contributed by atoms with Gasteiger partial charge in [-0.2, -0.15) is 0 Å². The highest BCUT2D eigenvalue weighted by Crippen LogP contribution is 2.32. The zero-order chi connectivity index (χ0) is 18.3. The van der Waals surface area contributed by atoms with Crippen LogP contribution in [0.2, 0.25) is 0 Å².